The molecule has 0 fully saturated rings. The second kappa shape index (κ2) is 62.6. The van der Waals surface area contributed by atoms with Gasteiger partial charge in [-0.1, -0.05) is 401 Å². The molecule has 14 heteroatoms. The van der Waals surface area contributed by atoms with Gasteiger partial charge in [-0.15, -0.1) is 22.7 Å². The van der Waals surface area contributed by atoms with E-state index < -0.39 is 17.8 Å². The number of hydrogen-bond donors (Lipinski definition) is 0. The number of unbranched alkanes of at least 4 members (excludes halogenated alkanes) is 52. The molecule has 0 N–H and O–H groups in total. The number of carbonyl (C=O) groups excluding carboxylic acids is 6. The highest BCUT2D eigenvalue weighted by molar-refractivity contribution is 7.23. The Balaban J connectivity index is 0.0000109. The van der Waals surface area contributed by atoms with Gasteiger partial charge in [0.1, 0.15) is 23.7 Å². The summed E-state index contributed by atoms with van der Waals surface area (Å²) in [6.45, 7) is 13.6. The molecule has 3 aromatic carbocycles. The van der Waals surface area contributed by atoms with E-state index in [4.69, 9.17) is 18.9 Å². The van der Waals surface area contributed by atoms with Crippen LogP contribution in [0.3, 0.4) is 0 Å². The van der Waals surface area contributed by atoms with Gasteiger partial charge in [-0.2, -0.15) is 0 Å². The van der Waals surface area contributed by atoms with Crippen LogP contribution in [0.2, 0.25) is 0 Å². The highest BCUT2D eigenvalue weighted by Gasteiger charge is 2.45. The topological polar surface area (TPSA) is 146 Å². The van der Waals surface area contributed by atoms with Crippen molar-refractivity contribution in [3.63, 3.8) is 0 Å². The molecule has 0 aliphatic carbocycles. The Bertz CT molecular complexity index is 3980. The van der Waals surface area contributed by atoms with E-state index in [1.165, 1.54) is 318 Å². The van der Waals surface area contributed by atoms with E-state index in [1.807, 2.05) is 43.3 Å². The summed E-state index contributed by atoms with van der Waals surface area (Å²) in [5, 5.41) is 0. The predicted molar refractivity (Wildman–Crippen MR) is 536 cm³/mol. The fourth-order valence-electron chi connectivity index (χ4n) is 19.2. The Morgan fingerprint density at radius 2 is 0.595 bits per heavy atom. The Morgan fingerprint density at radius 3 is 0.913 bits per heavy atom. The summed E-state index contributed by atoms with van der Waals surface area (Å²) in [6.07, 6.45) is 76.7. The van der Waals surface area contributed by atoms with Crippen molar-refractivity contribution in [1.82, 2.24) is 0 Å². The van der Waals surface area contributed by atoms with Crippen LogP contribution in [0.1, 0.15) is 486 Å². The predicted octanol–water partition coefficient (Wildman–Crippen LogP) is 34.3. The van der Waals surface area contributed by atoms with Crippen LogP contribution in [-0.2, 0) is 38.2 Å². The number of esters is 4. The van der Waals surface area contributed by atoms with E-state index in [0.717, 1.165) is 97.9 Å². The first-order valence-electron chi connectivity index (χ1n) is 51.4. The van der Waals surface area contributed by atoms with E-state index in [2.05, 4.69) is 58.9 Å². The van der Waals surface area contributed by atoms with E-state index in [0.29, 0.717) is 46.5 Å². The van der Waals surface area contributed by atoms with Crippen LogP contribution < -0.4 is 19.3 Å². The van der Waals surface area contributed by atoms with Crippen molar-refractivity contribution >= 4 is 92.0 Å². The number of rotatable bonds is 72. The monoisotopic (exact) mass is 1770 g/mol. The number of benzene rings is 3. The number of nitrogens with zero attached hydrogens (tertiary/aromatic N) is 2. The Morgan fingerprint density at radius 1 is 0.310 bits per heavy atom. The normalized spacial score (nSPS) is 14.5. The molecule has 0 saturated carbocycles. The quantitative estimate of drug-likeness (QED) is 0.0160. The first kappa shape index (κ1) is 106. The molecule has 4 aliphatic rings. The Hall–Kier alpha value is -6.64. The van der Waals surface area contributed by atoms with Crippen molar-refractivity contribution in [2.75, 3.05) is 22.9 Å². The summed E-state index contributed by atoms with van der Waals surface area (Å²) in [5.41, 5.74) is 5.30. The molecule has 9 rings (SSSR count). The van der Waals surface area contributed by atoms with Gasteiger partial charge in [0, 0.05) is 67.7 Å². The smallest absolute Gasteiger partial charge is 0.345 e. The average molecular weight is 1770 g/mol. The fourth-order valence-corrected chi connectivity index (χ4v) is 21.2. The highest BCUT2D eigenvalue weighted by atomic mass is 32.1. The number of carbonyl (C=O) groups is 6. The third-order valence-corrected chi connectivity index (χ3v) is 29.0. The Labute approximate surface area is 774 Å². The maximum absolute atomic E-state index is 15.5. The standard InChI is InChI=1S/C110H164N2O10S2.2CH4/c1-7-11-15-19-23-27-31-35-39-43-47-51-55-59-65-88(66-60-56-52-48-44-40-36-32-28-24-20-16-12-8-2)119-101(113)69-63-79-111-94-81-85(5)71-74-90(94)103(107(111)115)105-92-83-97-93(84-96(92)121-109(105)117)106(110(118)122-97)104-91-75-73-87(98-77-78-100(124-98)99-76-72-86(6)123-99)82-95(91)112(108(104)116)80-64-70-102(114)120-89(67-61-57-53-49-45-41-37-33-29-25-21-17-13-9-3)68-62-58-54-50-46-42-38-34-30-26-22-18-14-10-4;;/h71-78,81-84,88-89H,7-70,79-80H2,1-6H3;2*1H4/b105-103+,106-104+;;. The maximum Gasteiger partial charge on any atom is 0.345 e. The van der Waals surface area contributed by atoms with Crippen LogP contribution in [0.25, 0.3) is 42.5 Å². The number of anilines is 2. The molecular formula is C112H172N2O10S2. The molecule has 2 amide bonds. The van der Waals surface area contributed by atoms with Crippen molar-refractivity contribution in [2.24, 2.45) is 0 Å². The minimum atomic E-state index is -0.723. The molecule has 0 atom stereocenters. The molecule has 0 spiro atoms. The summed E-state index contributed by atoms with van der Waals surface area (Å²) < 4.78 is 25.1. The number of hydrogen-bond acceptors (Lipinski definition) is 12. The van der Waals surface area contributed by atoms with Gasteiger partial charge < -0.3 is 28.7 Å². The zero-order valence-corrected chi connectivity index (χ0v) is 80.2. The average Bonchev–Trinajstić information content (AvgIpc) is 1.56. The van der Waals surface area contributed by atoms with Gasteiger partial charge in [0.05, 0.1) is 33.7 Å². The van der Waals surface area contributed by atoms with Gasteiger partial charge in [0.15, 0.2) is 0 Å². The lowest BCUT2D eigenvalue weighted by Gasteiger charge is -2.20. The second-order valence-corrected chi connectivity index (χ2v) is 39.7. The van der Waals surface area contributed by atoms with Gasteiger partial charge in [0.25, 0.3) is 11.8 Å². The van der Waals surface area contributed by atoms with E-state index in [1.54, 1.807) is 44.6 Å². The fraction of sp³-hybridized carbons (Fsp3) is 0.679. The highest BCUT2D eigenvalue weighted by Crippen LogP contribution is 2.53. The lowest BCUT2D eigenvalue weighted by molar-refractivity contribution is -0.151. The zero-order chi connectivity index (χ0) is 87.6. The van der Waals surface area contributed by atoms with Crippen LogP contribution in [0.15, 0.2) is 72.8 Å². The maximum atomic E-state index is 15.5. The Kier molecular flexibility index (Phi) is 52.9. The summed E-state index contributed by atoms with van der Waals surface area (Å²) >= 11 is 3.44. The van der Waals surface area contributed by atoms with Crippen molar-refractivity contribution in [3.8, 4) is 31.7 Å². The van der Waals surface area contributed by atoms with Gasteiger partial charge in [-0.25, -0.2) is 9.59 Å². The van der Waals surface area contributed by atoms with Crippen LogP contribution in [-0.4, -0.2) is 61.0 Å². The van der Waals surface area contributed by atoms with E-state index in [-0.39, 0.29) is 105 Å². The lowest BCUT2D eigenvalue weighted by atomic mass is 9.92. The molecule has 0 bridgehead atoms. The first-order valence-corrected chi connectivity index (χ1v) is 53.0. The van der Waals surface area contributed by atoms with Crippen molar-refractivity contribution in [2.45, 2.75) is 480 Å². The largest absolute Gasteiger partial charge is 0.462 e. The number of thiophene rings is 2. The molecule has 0 radical (unpaired) electrons. The molecule has 702 valence electrons. The number of fused-ring (bicyclic) bond motifs is 4. The van der Waals surface area contributed by atoms with E-state index >= 15 is 9.59 Å². The van der Waals surface area contributed by atoms with Gasteiger partial charge in [0.2, 0.25) is 0 Å². The SMILES string of the molecule is C.C.CCCCCCCCCCCCCCCCC(CCCCCCCCCCCCCCCC)OC(=O)CCCN1C(=O)/C(=C2/C(=O)Oc3cc4c(cc32)OC(=O)/C4=C2/C(=O)N(CCCC(=O)OC(CCCCCCCCCCCCCCCC)CCCCCCCCCCCCCCCC)c3cc(-c4ccc(-c5ccc(C)s5)s4)ccc32)c2ccc(C)cc21. The minimum Gasteiger partial charge on any atom is -0.462 e. The molecule has 6 heterocycles. The summed E-state index contributed by atoms with van der Waals surface area (Å²) in [5.74, 6) is -2.43. The summed E-state index contributed by atoms with van der Waals surface area (Å²) in [6, 6.07) is 23.4. The molecule has 0 saturated heterocycles. The number of ether oxygens (including phenoxy) is 4. The molecule has 2 aromatic heterocycles. The van der Waals surface area contributed by atoms with Crippen molar-refractivity contribution in [3.05, 3.63) is 105 Å². The molecule has 0 unspecified atom stereocenters. The minimum absolute atomic E-state index is 0. The molecule has 5 aromatic rings. The van der Waals surface area contributed by atoms with Gasteiger partial charge in [-0.05, 0) is 138 Å². The summed E-state index contributed by atoms with van der Waals surface area (Å²) in [7, 11) is 0. The lowest BCUT2D eigenvalue weighted by Crippen LogP contribution is -2.29. The summed E-state index contributed by atoms with van der Waals surface area (Å²) in [4.78, 5) is 96.2. The van der Waals surface area contributed by atoms with Crippen LogP contribution in [0, 0.1) is 13.8 Å². The number of aryl methyl sites for hydroxylation is 2. The van der Waals surface area contributed by atoms with Crippen LogP contribution >= 0.6 is 22.7 Å². The van der Waals surface area contributed by atoms with Crippen LogP contribution in [0.5, 0.6) is 11.5 Å². The van der Waals surface area contributed by atoms with Crippen molar-refractivity contribution < 1.29 is 47.7 Å². The third-order valence-electron chi connectivity index (χ3n) is 26.6. The number of amides is 2. The van der Waals surface area contributed by atoms with E-state index in [9.17, 15) is 19.2 Å². The molecule has 4 aliphatic heterocycles. The van der Waals surface area contributed by atoms with Gasteiger partial charge >= 0.3 is 23.9 Å². The van der Waals surface area contributed by atoms with Crippen molar-refractivity contribution in [1.29, 1.82) is 0 Å². The third kappa shape index (κ3) is 36.3. The molecule has 126 heavy (non-hydrogen) atoms. The van der Waals surface area contributed by atoms with Crippen LogP contribution in [0.4, 0.5) is 11.4 Å². The molecular weight excluding hydrogens is 1600 g/mol. The molecule has 12 nitrogen and oxygen atoms in total. The first-order chi connectivity index (χ1) is 60.8. The van der Waals surface area contributed by atoms with Gasteiger partial charge in [-0.3, -0.25) is 19.2 Å². The second-order valence-electron chi connectivity index (χ2n) is 37.3. The zero-order valence-electron chi connectivity index (χ0n) is 78.5.